The van der Waals surface area contributed by atoms with E-state index in [-0.39, 0.29) is 43.4 Å². The number of carbonyl (C=O) groups is 2. The highest BCUT2D eigenvalue weighted by atomic mass is 19.1. The van der Waals surface area contributed by atoms with Gasteiger partial charge >= 0.3 is 6.03 Å². The minimum absolute atomic E-state index is 0.0310. The number of hydrogen-bond donors (Lipinski definition) is 1. The SMILES string of the molecule is COc1ccc(NC(=O)N(CC(=O)N(Cc2ccc(F)cc2)Cc2ccco2)C2CC2)cc1. The number of amides is 3. The number of methoxy groups -OCH3 is 1. The lowest BCUT2D eigenvalue weighted by molar-refractivity contribution is -0.133. The van der Waals surface area contributed by atoms with Crippen molar-refractivity contribution < 1.29 is 23.1 Å². The highest BCUT2D eigenvalue weighted by Gasteiger charge is 2.35. The summed E-state index contributed by atoms with van der Waals surface area (Å²) in [7, 11) is 1.58. The van der Waals surface area contributed by atoms with Crippen LogP contribution < -0.4 is 10.1 Å². The van der Waals surface area contributed by atoms with Gasteiger partial charge in [-0.15, -0.1) is 0 Å². The molecule has 1 heterocycles. The fraction of sp³-hybridized carbons (Fsp3) is 0.280. The predicted molar refractivity (Wildman–Crippen MR) is 121 cm³/mol. The first-order chi connectivity index (χ1) is 16.0. The van der Waals surface area contributed by atoms with Crippen LogP contribution in [0.25, 0.3) is 0 Å². The summed E-state index contributed by atoms with van der Waals surface area (Å²) in [5.74, 6) is 0.771. The first kappa shape index (κ1) is 22.4. The summed E-state index contributed by atoms with van der Waals surface area (Å²) in [6.07, 6.45) is 3.27. The monoisotopic (exact) mass is 451 g/mol. The third-order valence-corrected chi connectivity index (χ3v) is 5.46. The molecular formula is C25H26FN3O4. The highest BCUT2D eigenvalue weighted by Crippen LogP contribution is 2.28. The molecule has 8 heteroatoms. The lowest BCUT2D eigenvalue weighted by atomic mass is 10.2. The van der Waals surface area contributed by atoms with E-state index in [1.807, 2.05) is 0 Å². The van der Waals surface area contributed by atoms with Crippen LogP contribution in [-0.4, -0.2) is 41.4 Å². The second-order valence-corrected chi connectivity index (χ2v) is 7.97. The van der Waals surface area contributed by atoms with Crippen LogP contribution in [0, 0.1) is 5.82 Å². The summed E-state index contributed by atoms with van der Waals surface area (Å²) in [6, 6.07) is 16.3. The molecule has 1 N–H and O–H groups in total. The maximum atomic E-state index is 13.3. The molecule has 0 unspecified atom stereocenters. The van der Waals surface area contributed by atoms with Crippen molar-refractivity contribution in [2.45, 2.75) is 32.0 Å². The van der Waals surface area contributed by atoms with E-state index >= 15 is 0 Å². The van der Waals surface area contributed by atoms with Gasteiger partial charge < -0.3 is 24.3 Å². The third-order valence-electron chi connectivity index (χ3n) is 5.46. The smallest absolute Gasteiger partial charge is 0.322 e. The lowest BCUT2D eigenvalue weighted by Gasteiger charge is -2.27. The topological polar surface area (TPSA) is 75.0 Å². The van der Waals surface area contributed by atoms with Gasteiger partial charge in [0.2, 0.25) is 5.91 Å². The number of nitrogens with zero attached hydrogens (tertiary/aromatic N) is 2. The van der Waals surface area contributed by atoms with Gasteiger partial charge in [0.15, 0.2) is 0 Å². The molecule has 0 radical (unpaired) electrons. The van der Waals surface area contributed by atoms with Gasteiger partial charge in [-0.2, -0.15) is 0 Å². The molecule has 3 amide bonds. The average molecular weight is 451 g/mol. The zero-order chi connectivity index (χ0) is 23.2. The summed E-state index contributed by atoms with van der Waals surface area (Å²) < 4.78 is 23.9. The Morgan fingerprint density at radius 2 is 1.79 bits per heavy atom. The van der Waals surface area contributed by atoms with Crippen molar-refractivity contribution in [3.63, 3.8) is 0 Å². The third kappa shape index (κ3) is 6.12. The highest BCUT2D eigenvalue weighted by molar-refractivity contribution is 5.92. The molecule has 4 rings (SSSR count). The molecule has 1 aliphatic carbocycles. The number of nitrogens with one attached hydrogen (secondary N) is 1. The number of benzene rings is 2. The van der Waals surface area contributed by atoms with Gasteiger partial charge in [-0.1, -0.05) is 12.1 Å². The minimum atomic E-state index is -0.335. The maximum absolute atomic E-state index is 13.3. The second-order valence-electron chi connectivity index (χ2n) is 7.97. The number of ether oxygens (including phenoxy) is 1. The van der Waals surface area contributed by atoms with E-state index in [1.54, 1.807) is 71.7 Å². The van der Waals surface area contributed by atoms with E-state index in [0.29, 0.717) is 17.2 Å². The van der Waals surface area contributed by atoms with Crippen LogP contribution in [0.15, 0.2) is 71.3 Å². The lowest BCUT2D eigenvalue weighted by Crippen LogP contribution is -2.45. The van der Waals surface area contributed by atoms with Crippen molar-refractivity contribution in [2.75, 3.05) is 19.0 Å². The molecule has 1 aliphatic rings. The van der Waals surface area contributed by atoms with Crippen molar-refractivity contribution in [1.29, 1.82) is 0 Å². The summed E-state index contributed by atoms with van der Waals surface area (Å²) >= 11 is 0. The van der Waals surface area contributed by atoms with Gasteiger partial charge in [-0.05, 0) is 66.9 Å². The minimum Gasteiger partial charge on any atom is -0.497 e. The molecule has 172 valence electrons. The molecule has 0 spiro atoms. The van der Waals surface area contributed by atoms with Crippen LogP contribution in [-0.2, 0) is 17.9 Å². The van der Waals surface area contributed by atoms with E-state index in [4.69, 9.17) is 9.15 Å². The van der Waals surface area contributed by atoms with E-state index in [2.05, 4.69) is 5.32 Å². The van der Waals surface area contributed by atoms with Crippen LogP contribution in [0.2, 0.25) is 0 Å². The number of furan rings is 1. The zero-order valence-corrected chi connectivity index (χ0v) is 18.4. The molecule has 7 nitrogen and oxygen atoms in total. The Morgan fingerprint density at radius 3 is 2.39 bits per heavy atom. The Morgan fingerprint density at radius 1 is 1.06 bits per heavy atom. The zero-order valence-electron chi connectivity index (χ0n) is 18.4. The largest absolute Gasteiger partial charge is 0.497 e. The maximum Gasteiger partial charge on any atom is 0.322 e. The van der Waals surface area contributed by atoms with Crippen LogP contribution in [0.3, 0.4) is 0 Å². The van der Waals surface area contributed by atoms with Crippen molar-refractivity contribution in [2.24, 2.45) is 0 Å². The Balaban J connectivity index is 1.46. The molecule has 0 bridgehead atoms. The summed E-state index contributed by atoms with van der Waals surface area (Å²) in [5.41, 5.74) is 1.41. The van der Waals surface area contributed by atoms with Crippen LogP contribution >= 0.6 is 0 Å². The number of urea groups is 1. The molecule has 2 aromatic carbocycles. The predicted octanol–water partition coefficient (Wildman–Crippen LogP) is 4.65. The molecule has 0 atom stereocenters. The summed E-state index contributed by atoms with van der Waals surface area (Å²) in [4.78, 5) is 29.5. The fourth-order valence-electron chi connectivity index (χ4n) is 3.50. The second kappa shape index (κ2) is 10.2. The number of rotatable bonds is 9. The summed E-state index contributed by atoms with van der Waals surface area (Å²) in [6.45, 7) is 0.467. The van der Waals surface area contributed by atoms with Gasteiger partial charge in [0.1, 0.15) is 23.9 Å². The van der Waals surface area contributed by atoms with Crippen molar-refractivity contribution in [3.05, 3.63) is 84.1 Å². The molecule has 0 aliphatic heterocycles. The van der Waals surface area contributed by atoms with Gasteiger partial charge in [0, 0.05) is 18.3 Å². The molecule has 1 aromatic heterocycles. The van der Waals surface area contributed by atoms with Gasteiger partial charge in [-0.25, -0.2) is 9.18 Å². The molecular weight excluding hydrogens is 425 g/mol. The fourth-order valence-corrected chi connectivity index (χ4v) is 3.50. The van der Waals surface area contributed by atoms with Crippen LogP contribution in [0.1, 0.15) is 24.2 Å². The van der Waals surface area contributed by atoms with Crippen molar-refractivity contribution >= 4 is 17.6 Å². The van der Waals surface area contributed by atoms with E-state index in [0.717, 1.165) is 18.4 Å². The van der Waals surface area contributed by atoms with Gasteiger partial charge in [0.25, 0.3) is 0 Å². The summed E-state index contributed by atoms with van der Waals surface area (Å²) in [5, 5.41) is 2.86. The average Bonchev–Trinajstić information content (AvgIpc) is 3.53. The first-order valence-electron chi connectivity index (χ1n) is 10.8. The Bertz CT molecular complexity index is 1060. The van der Waals surface area contributed by atoms with Crippen molar-refractivity contribution in [3.8, 4) is 5.75 Å². The standard InChI is InChI=1S/C25H26FN3O4/c1-32-22-12-8-20(9-13-22)27-25(31)29(21-10-11-21)17-24(30)28(16-23-3-2-14-33-23)15-18-4-6-19(26)7-5-18/h2-9,12-14,21H,10-11,15-17H2,1H3,(H,27,31). The van der Waals surface area contributed by atoms with Gasteiger partial charge in [0.05, 0.1) is 19.9 Å². The quantitative estimate of drug-likeness (QED) is 0.514. The Labute approximate surface area is 191 Å². The number of anilines is 1. The number of carbonyl (C=O) groups excluding carboxylic acids is 2. The van der Waals surface area contributed by atoms with Crippen LogP contribution in [0.5, 0.6) is 5.75 Å². The Kier molecular flexibility index (Phi) is 6.92. The van der Waals surface area contributed by atoms with Gasteiger partial charge in [-0.3, -0.25) is 4.79 Å². The molecule has 1 saturated carbocycles. The van der Waals surface area contributed by atoms with Crippen molar-refractivity contribution in [1.82, 2.24) is 9.80 Å². The van der Waals surface area contributed by atoms with E-state index in [1.165, 1.54) is 12.1 Å². The van der Waals surface area contributed by atoms with E-state index in [9.17, 15) is 14.0 Å². The Hall–Kier alpha value is -3.81. The first-order valence-corrected chi connectivity index (χ1v) is 10.8. The molecule has 3 aromatic rings. The number of hydrogen-bond acceptors (Lipinski definition) is 4. The normalized spacial score (nSPS) is 12.8. The van der Waals surface area contributed by atoms with Crippen LogP contribution in [0.4, 0.5) is 14.9 Å². The molecule has 33 heavy (non-hydrogen) atoms. The van der Waals surface area contributed by atoms with E-state index < -0.39 is 0 Å². The number of halogens is 1. The molecule has 0 saturated heterocycles. The molecule has 1 fully saturated rings.